The van der Waals surface area contributed by atoms with Crippen molar-refractivity contribution in [1.82, 2.24) is 10.2 Å². The first-order valence-electron chi connectivity index (χ1n) is 7.01. The molecule has 0 amide bonds. The largest absolute Gasteiger partial charge is 0.497 e. The van der Waals surface area contributed by atoms with E-state index in [1.54, 1.807) is 14.2 Å². The van der Waals surface area contributed by atoms with E-state index in [1.807, 2.05) is 19.2 Å². The van der Waals surface area contributed by atoms with Gasteiger partial charge >= 0.3 is 0 Å². The quantitative estimate of drug-likeness (QED) is 0.832. The van der Waals surface area contributed by atoms with Crippen LogP contribution in [0.2, 0.25) is 0 Å². The van der Waals surface area contributed by atoms with Crippen LogP contribution in [0.15, 0.2) is 18.2 Å². The molecule has 114 valence electrons. The number of likely N-dealkylation sites (N-methyl/N-ethyl adjacent to an activating group) is 2. The van der Waals surface area contributed by atoms with Crippen molar-refractivity contribution in [2.75, 3.05) is 35.4 Å². The molecular formula is C16H28N2O2. The molecule has 1 aromatic rings. The average molecular weight is 280 g/mol. The van der Waals surface area contributed by atoms with Gasteiger partial charge < -0.3 is 19.7 Å². The average Bonchev–Trinajstić information content (AvgIpc) is 2.47. The Labute approximate surface area is 123 Å². The fraction of sp³-hybridized carbons (Fsp3) is 0.625. The minimum absolute atomic E-state index is 0.0194. The molecule has 0 aliphatic carbocycles. The number of benzene rings is 1. The zero-order chi connectivity index (χ0) is 15.3. The highest BCUT2D eigenvalue weighted by Gasteiger charge is 2.36. The van der Waals surface area contributed by atoms with E-state index in [4.69, 9.17) is 9.47 Å². The van der Waals surface area contributed by atoms with Gasteiger partial charge in [0.15, 0.2) is 0 Å². The maximum absolute atomic E-state index is 5.53. The molecule has 0 fully saturated rings. The third kappa shape index (κ3) is 3.07. The van der Waals surface area contributed by atoms with Crippen molar-refractivity contribution in [3.05, 3.63) is 23.8 Å². The minimum atomic E-state index is -0.0194. The molecule has 0 aliphatic heterocycles. The Morgan fingerprint density at radius 3 is 2.30 bits per heavy atom. The van der Waals surface area contributed by atoms with Crippen molar-refractivity contribution in [2.45, 2.75) is 31.8 Å². The molecule has 4 heteroatoms. The number of nitrogens with one attached hydrogen (secondary N) is 1. The molecule has 1 N–H and O–H groups in total. The first-order chi connectivity index (χ1) is 9.44. The second-order valence-corrected chi connectivity index (χ2v) is 5.43. The lowest BCUT2D eigenvalue weighted by molar-refractivity contribution is 0.115. The Balaban J connectivity index is 3.36. The third-order valence-electron chi connectivity index (χ3n) is 4.40. The Morgan fingerprint density at radius 1 is 1.25 bits per heavy atom. The van der Waals surface area contributed by atoms with Crippen LogP contribution in [0.25, 0.3) is 0 Å². The van der Waals surface area contributed by atoms with E-state index in [-0.39, 0.29) is 11.6 Å². The number of hydrogen-bond acceptors (Lipinski definition) is 4. The monoisotopic (exact) mass is 280 g/mol. The summed E-state index contributed by atoms with van der Waals surface area (Å²) in [6.07, 6.45) is 1.02. The summed E-state index contributed by atoms with van der Waals surface area (Å²) in [5, 5.41) is 3.44. The van der Waals surface area contributed by atoms with Crippen LogP contribution in [0.1, 0.15) is 31.9 Å². The van der Waals surface area contributed by atoms with E-state index in [0.29, 0.717) is 0 Å². The molecule has 0 bridgehead atoms. The second-order valence-electron chi connectivity index (χ2n) is 5.43. The standard InChI is InChI=1S/C16H28N2O2/c1-8-16(2,18(4)5)15(17-3)13-11-12(19-6)9-10-14(13)20-7/h9-11,15,17H,8H2,1-7H3. The SMILES string of the molecule is CCC(C)(C(NC)c1cc(OC)ccc1OC)N(C)C. The van der Waals surface area contributed by atoms with Crippen LogP contribution < -0.4 is 14.8 Å². The molecule has 0 saturated heterocycles. The summed E-state index contributed by atoms with van der Waals surface area (Å²) in [6, 6.07) is 6.09. The summed E-state index contributed by atoms with van der Waals surface area (Å²) in [5.41, 5.74) is 1.10. The summed E-state index contributed by atoms with van der Waals surface area (Å²) in [7, 11) is 9.60. The van der Waals surface area contributed by atoms with Gasteiger partial charge in [-0.05, 0) is 52.7 Å². The molecule has 2 unspecified atom stereocenters. The zero-order valence-electron chi connectivity index (χ0n) is 13.8. The maximum atomic E-state index is 5.53. The number of rotatable bonds is 7. The highest BCUT2D eigenvalue weighted by atomic mass is 16.5. The van der Waals surface area contributed by atoms with Crippen LogP contribution in [-0.4, -0.2) is 45.8 Å². The first-order valence-corrected chi connectivity index (χ1v) is 7.01. The normalized spacial score (nSPS) is 15.8. The smallest absolute Gasteiger partial charge is 0.123 e. The number of ether oxygens (including phenoxy) is 2. The van der Waals surface area contributed by atoms with Gasteiger partial charge in [-0.25, -0.2) is 0 Å². The van der Waals surface area contributed by atoms with Gasteiger partial charge in [-0.15, -0.1) is 0 Å². The van der Waals surface area contributed by atoms with E-state index >= 15 is 0 Å². The molecule has 0 aliphatic rings. The van der Waals surface area contributed by atoms with Gasteiger partial charge in [-0.1, -0.05) is 6.92 Å². The molecule has 20 heavy (non-hydrogen) atoms. The predicted molar refractivity (Wildman–Crippen MR) is 83.7 cm³/mol. The number of methoxy groups -OCH3 is 2. The van der Waals surface area contributed by atoms with Crippen molar-refractivity contribution >= 4 is 0 Å². The van der Waals surface area contributed by atoms with Crippen LogP contribution in [0.5, 0.6) is 11.5 Å². The third-order valence-corrected chi connectivity index (χ3v) is 4.40. The van der Waals surface area contributed by atoms with Crippen molar-refractivity contribution < 1.29 is 9.47 Å². The zero-order valence-corrected chi connectivity index (χ0v) is 13.8. The van der Waals surface area contributed by atoms with Crippen molar-refractivity contribution in [1.29, 1.82) is 0 Å². The Kier molecular flexibility index (Phi) is 5.84. The summed E-state index contributed by atoms with van der Waals surface area (Å²) in [5.74, 6) is 1.73. The Morgan fingerprint density at radius 2 is 1.90 bits per heavy atom. The lowest BCUT2D eigenvalue weighted by Crippen LogP contribution is -2.50. The van der Waals surface area contributed by atoms with Crippen molar-refractivity contribution in [3.63, 3.8) is 0 Å². The van der Waals surface area contributed by atoms with Crippen LogP contribution >= 0.6 is 0 Å². The van der Waals surface area contributed by atoms with Gasteiger partial charge in [0.2, 0.25) is 0 Å². The predicted octanol–water partition coefficient (Wildman–Crippen LogP) is 2.69. The molecule has 1 rings (SSSR count). The highest BCUT2D eigenvalue weighted by Crippen LogP contribution is 2.38. The molecule has 0 spiro atoms. The van der Waals surface area contributed by atoms with E-state index in [9.17, 15) is 0 Å². The summed E-state index contributed by atoms with van der Waals surface area (Å²) in [6.45, 7) is 4.46. The maximum Gasteiger partial charge on any atom is 0.123 e. The van der Waals surface area contributed by atoms with Gasteiger partial charge in [0.1, 0.15) is 11.5 Å². The van der Waals surface area contributed by atoms with E-state index in [1.165, 1.54) is 0 Å². The van der Waals surface area contributed by atoms with Crippen LogP contribution in [0, 0.1) is 0 Å². The molecule has 2 atom stereocenters. The van der Waals surface area contributed by atoms with Crippen molar-refractivity contribution in [2.24, 2.45) is 0 Å². The van der Waals surface area contributed by atoms with Gasteiger partial charge in [-0.2, -0.15) is 0 Å². The van der Waals surface area contributed by atoms with E-state index in [2.05, 4.69) is 44.2 Å². The lowest BCUT2D eigenvalue weighted by Gasteiger charge is -2.43. The lowest BCUT2D eigenvalue weighted by atomic mass is 9.83. The number of hydrogen-bond donors (Lipinski definition) is 1. The topological polar surface area (TPSA) is 33.7 Å². The Bertz CT molecular complexity index is 434. The van der Waals surface area contributed by atoms with Gasteiger partial charge in [0, 0.05) is 11.1 Å². The van der Waals surface area contributed by atoms with Crippen LogP contribution in [0.4, 0.5) is 0 Å². The number of nitrogens with zero attached hydrogens (tertiary/aromatic N) is 1. The van der Waals surface area contributed by atoms with E-state index in [0.717, 1.165) is 23.5 Å². The molecule has 4 nitrogen and oxygen atoms in total. The molecule has 1 aromatic carbocycles. The van der Waals surface area contributed by atoms with Gasteiger partial charge in [0.05, 0.1) is 20.3 Å². The van der Waals surface area contributed by atoms with Crippen LogP contribution in [-0.2, 0) is 0 Å². The summed E-state index contributed by atoms with van der Waals surface area (Å²) >= 11 is 0. The first kappa shape index (κ1) is 16.8. The van der Waals surface area contributed by atoms with E-state index < -0.39 is 0 Å². The molecule has 0 saturated carbocycles. The molecular weight excluding hydrogens is 252 g/mol. The van der Waals surface area contributed by atoms with Crippen molar-refractivity contribution in [3.8, 4) is 11.5 Å². The highest BCUT2D eigenvalue weighted by molar-refractivity contribution is 5.43. The van der Waals surface area contributed by atoms with Gasteiger partial charge in [0.25, 0.3) is 0 Å². The molecule has 0 aromatic heterocycles. The Hall–Kier alpha value is -1.26. The fourth-order valence-electron chi connectivity index (χ4n) is 2.65. The summed E-state index contributed by atoms with van der Waals surface area (Å²) < 4.78 is 10.9. The van der Waals surface area contributed by atoms with Crippen LogP contribution in [0.3, 0.4) is 0 Å². The summed E-state index contributed by atoms with van der Waals surface area (Å²) in [4.78, 5) is 2.26. The fourth-order valence-corrected chi connectivity index (χ4v) is 2.65. The molecule has 0 heterocycles. The second kappa shape index (κ2) is 6.95. The molecule has 0 radical (unpaired) electrons. The minimum Gasteiger partial charge on any atom is -0.497 e. The van der Waals surface area contributed by atoms with Gasteiger partial charge in [-0.3, -0.25) is 0 Å².